The average Bonchev–Trinajstić information content (AvgIpc) is 2.41. The van der Waals surface area contributed by atoms with Crippen molar-refractivity contribution in [3.8, 4) is 0 Å². The molecule has 102 valence electrons. The molecule has 1 heterocycles. The topological polar surface area (TPSA) is 46.9 Å². The molecule has 2 aromatic rings. The fourth-order valence-electron chi connectivity index (χ4n) is 2.03. The van der Waals surface area contributed by atoms with Gasteiger partial charge in [0.15, 0.2) is 0 Å². The number of hydrogen-bond donors (Lipinski definition) is 1. The third-order valence-electron chi connectivity index (χ3n) is 3.04. The van der Waals surface area contributed by atoms with Gasteiger partial charge in [0.1, 0.15) is 0 Å². The molecule has 0 amide bonds. The Hall–Kier alpha value is -1.68. The molecule has 1 aromatic heterocycles. The van der Waals surface area contributed by atoms with Crippen LogP contribution in [0.1, 0.15) is 20.3 Å². The highest BCUT2D eigenvalue weighted by atomic mass is 16.1. The highest BCUT2D eigenvalue weighted by Gasteiger charge is 2.02. The lowest BCUT2D eigenvalue weighted by Gasteiger charge is -2.08. The summed E-state index contributed by atoms with van der Waals surface area (Å²) in [5.74, 6) is 0.654. The third kappa shape index (κ3) is 3.64. The maximum Gasteiger partial charge on any atom is 0.274 e. The van der Waals surface area contributed by atoms with E-state index in [1.807, 2.05) is 24.3 Å². The van der Waals surface area contributed by atoms with E-state index in [0.29, 0.717) is 12.5 Å². The van der Waals surface area contributed by atoms with Gasteiger partial charge in [0, 0.05) is 11.9 Å². The fourth-order valence-corrected chi connectivity index (χ4v) is 2.03. The molecule has 19 heavy (non-hydrogen) atoms. The lowest BCUT2D eigenvalue weighted by atomic mass is 10.2. The predicted molar refractivity (Wildman–Crippen MR) is 78.3 cm³/mol. The smallest absolute Gasteiger partial charge is 0.274 e. The Bertz CT molecular complexity index is 589. The van der Waals surface area contributed by atoms with Crippen LogP contribution in [-0.2, 0) is 6.54 Å². The van der Waals surface area contributed by atoms with E-state index in [1.54, 1.807) is 10.9 Å². The quantitative estimate of drug-likeness (QED) is 0.807. The van der Waals surface area contributed by atoms with Crippen molar-refractivity contribution in [2.24, 2.45) is 5.92 Å². The van der Waals surface area contributed by atoms with Crippen LogP contribution in [-0.4, -0.2) is 22.9 Å². The minimum Gasteiger partial charge on any atom is -0.316 e. The Kier molecular flexibility index (Phi) is 4.68. The minimum absolute atomic E-state index is 0.00181. The van der Waals surface area contributed by atoms with Gasteiger partial charge in [-0.15, -0.1) is 0 Å². The SMILES string of the molecule is CC(C)CNCCCn1ncc2ccccc2c1=O. The molecular formula is C15H21N3O. The van der Waals surface area contributed by atoms with Gasteiger partial charge in [-0.2, -0.15) is 5.10 Å². The molecule has 0 saturated carbocycles. The first-order valence-corrected chi connectivity index (χ1v) is 6.84. The van der Waals surface area contributed by atoms with Crippen molar-refractivity contribution in [1.29, 1.82) is 0 Å². The summed E-state index contributed by atoms with van der Waals surface area (Å²) in [6, 6.07) is 7.58. The lowest BCUT2D eigenvalue weighted by Crippen LogP contribution is -2.26. The van der Waals surface area contributed by atoms with Gasteiger partial charge in [0.2, 0.25) is 0 Å². The van der Waals surface area contributed by atoms with Crippen molar-refractivity contribution in [1.82, 2.24) is 15.1 Å². The van der Waals surface area contributed by atoms with Crippen LogP contribution in [0.4, 0.5) is 0 Å². The van der Waals surface area contributed by atoms with Gasteiger partial charge < -0.3 is 5.32 Å². The summed E-state index contributed by atoms with van der Waals surface area (Å²) in [6.45, 7) is 6.96. The Morgan fingerprint density at radius 2 is 2.11 bits per heavy atom. The molecule has 0 bridgehead atoms. The van der Waals surface area contributed by atoms with Gasteiger partial charge in [-0.05, 0) is 31.5 Å². The molecule has 0 spiro atoms. The van der Waals surface area contributed by atoms with E-state index >= 15 is 0 Å². The normalized spacial score (nSPS) is 11.3. The molecular weight excluding hydrogens is 238 g/mol. The van der Waals surface area contributed by atoms with Gasteiger partial charge >= 0.3 is 0 Å². The first-order chi connectivity index (χ1) is 9.18. The number of benzene rings is 1. The molecule has 0 saturated heterocycles. The largest absolute Gasteiger partial charge is 0.316 e. The molecule has 1 N–H and O–H groups in total. The van der Waals surface area contributed by atoms with Crippen LogP contribution in [0.5, 0.6) is 0 Å². The predicted octanol–water partition coefficient (Wildman–Crippen LogP) is 2.03. The number of nitrogens with zero attached hydrogens (tertiary/aromatic N) is 2. The second-order valence-corrected chi connectivity index (χ2v) is 5.21. The van der Waals surface area contributed by atoms with Gasteiger partial charge in [-0.25, -0.2) is 4.68 Å². The molecule has 4 heteroatoms. The highest BCUT2D eigenvalue weighted by Crippen LogP contribution is 2.06. The summed E-state index contributed by atoms with van der Waals surface area (Å²) in [5.41, 5.74) is 0.00181. The highest BCUT2D eigenvalue weighted by molar-refractivity contribution is 5.80. The molecule has 0 unspecified atom stereocenters. The summed E-state index contributed by atoms with van der Waals surface area (Å²) >= 11 is 0. The Labute approximate surface area is 113 Å². The maximum absolute atomic E-state index is 12.2. The molecule has 1 aromatic carbocycles. The van der Waals surface area contributed by atoms with Crippen LogP contribution in [0.3, 0.4) is 0 Å². The monoisotopic (exact) mass is 259 g/mol. The average molecular weight is 259 g/mol. The standard InChI is InChI=1S/C15H21N3O/c1-12(2)10-16-8-5-9-18-15(19)14-7-4-3-6-13(14)11-17-18/h3-4,6-7,11-12,16H,5,8-10H2,1-2H3. The molecule has 2 rings (SSSR count). The maximum atomic E-state index is 12.2. The van der Waals surface area contributed by atoms with Crippen molar-refractivity contribution in [3.05, 3.63) is 40.8 Å². The summed E-state index contributed by atoms with van der Waals surface area (Å²) in [6.07, 6.45) is 2.68. The van der Waals surface area contributed by atoms with Crippen molar-refractivity contribution in [2.75, 3.05) is 13.1 Å². The molecule has 0 fully saturated rings. The Morgan fingerprint density at radius 3 is 2.89 bits per heavy atom. The van der Waals surface area contributed by atoms with Crippen molar-refractivity contribution in [2.45, 2.75) is 26.8 Å². The summed E-state index contributed by atoms with van der Waals surface area (Å²) in [7, 11) is 0. The van der Waals surface area contributed by atoms with Crippen molar-refractivity contribution in [3.63, 3.8) is 0 Å². The second-order valence-electron chi connectivity index (χ2n) is 5.21. The number of nitrogens with one attached hydrogen (secondary N) is 1. The summed E-state index contributed by atoms with van der Waals surface area (Å²) in [5, 5.41) is 9.23. The van der Waals surface area contributed by atoms with Crippen LogP contribution in [0.2, 0.25) is 0 Å². The molecule has 0 aliphatic heterocycles. The van der Waals surface area contributed by atoms with E-state index in [-0.39, 0.29) is 5.56 Å². The van der Waals surface area contributed by atoms with Crippen molar-refractivity contribution >= 4 is 10.8 Å². The van der Waals surface area contributed by atoms with E-state index in [9.17, 15) is 4.79 Å². The first-order valence-electron chi connectivity index (χ1n) is 6.84. The van der Waals surface area contributed by atoms with Crippen LogP contribution in [0.25, 0.3) is 10.8 Å². The Balaban J connectivity index is 1.98. The van der Waals surface area contributed by atoms with Crippen molar-refractivity contribution < 1.29 is 0 Å². The summed E-state index contributed by atoms with van der Waals surface area (Å²) in [4.78, 5) is 12.2. The summed E-state index contributed by atoms with van der Waals surface area (Å²) < 4.78 is 1.55. The zero-order chi connectivity index (χ0) is 13.7. The number of fused-ring (bicyclic) bond motifs is 1. The number of hydrogen-bond acceptors (Lipinski definition) is 3. The van der Waals surface area contributed by atoms with Crippen LogP contribution < -0.4 is 10.9 Å². The molecule has 4 nitrogen and oxygen atoms in total. The van der Waals surface area contributed by atoms with Gasteiger partial charge in [0.05, 0.1) is 11.6 Å². The zero-order valence-electron chi connectivity index (χ0n) is 11.6. The number of rotatable bonds is 6. The third-order valence-corrected chi connectivity index (χ3v) is 3.04. The van der Waals surface area contributed by atoms with Crippen LogP contribution in [0, 0.1) is 5.92 Å². The van der Waals surface area contributed by atoms with E-state index in [2.05, 4.69) is 24.3 Å². The van der Waals surface area contributed by atoms with Gasteiger partial charge in [-0.3, -0.25) is 4.79 Å². The molecule has 0 radical (unpaired) electrons. The van der Waals surface area contributed by atoms with E-state index in [0.717, 1.165) is 30.3 Å². The number of aryl methyl sites for hydroxylation is 1. The minimum atomic E-state index is 0.00181. The van der Waals surface area contributed by atoms with Crippen LogP contribution in [0.15, 0.2) is 35.3 Å². The zero-order valence-corrected chi connectivity index (χ0v) is 11.6. The Morgan fingerprint density at radius 1 is 1.32 bits per heavy atom. The van der Waals surface area contributed by atoms with Crippen LogP contribution >= 0.6 is 0 Å². The lowest BCUT2D eigenvalue weighted by molar-refractivity contribution is 0.497. The second kappa shape index (κ2) is 6.48. The van der Waals surface area contributed by atoms with E-state index in [1.165, 1.54) is 0 Å². The fraction of sp³-hybridized carbons (Fsp3) is 0.467. The van der Waals surface area contributed by atoms with E-state index in [4.69, 9.17) is 0 Å². The first kappa shape index (κ1) is 13.7. The molecule has 0 aliphatic carbocycles. The number of aromatic nitrogens is 2. The van der Waals surface area contributed by atoms with E-state index < -0.39 is 0 Å². The molecule has 0 aliphatic rings. The van der Waals surface area contributed by atoms with Gasteiger partial charge in [-0.1, -0.05) is 32.0 Å². The molecule has 0 atom stereocenters. The van der Waals surface area contributed by atoms with Gasteiger partial charge in [0.25, 0.3) is 5.56 Å².